The fourth-order valence-corrected chi connectivity index (χ4v) is 3.05. The fraction of sp³-hybridized carbons (Fsp3) is 0.438. The number of benzene rings is 1. The standard InChI is InChI=1S/C16H17F3N2O4S/c17-16(18,19)26-12-3-1-11(2-4-12)15(24)25-9-13(22)21-7-5-10(6-8-21)14(20)23/h1-4,10H,5-9H2,(H2,20,23). The molecule has 2 amide bonds. The Bertz CT molecular complexity index is 671. The number of carbonyl (C=O) groups is 3. The lowest BCUT2D eigenvalue weighted by Gasteiger charge is -2.30. The number of piperidine rings is 1. The van der Waals surface area contributed by atoms with Gasteiger partial charge in [0.25, 0.3) is 5.91 Å². The lowest BCUT2D eigenvalue weighted by Crippen LogP contribution is -2.43. The highest BCUT2D eigenvalue weighted by atomic mass is 32.2. The maximum atomic E-state index is 12.3. The van der Waals surface area contributed by atoms with Crippen LogP contribution in [0.1, 0.15) is 23.2 Å². The molecule has 0 saturated carbocycles. The van der Waals surface area contributed by atoms with E-state index in [2.05, 4.69) is 0 Å². The molecule has 0 radical (unpaired) electrons. The number of rotatable bonds is 5. The molecule has 1 heterocycles. The second-order valence-electron chi connectivity index (χ2n) is 5.71. The van der Waals surface area contributed by atoms with Gasteiger partial charge in [-0.1, -0.05) is 0 Å². The first-order chi connectivity index (χ1) is 12.2. The van der Waals surface area contributed by atoms with Gasteiger partial charge in [0.05, 0.1) is 5.56 Å². The molecule has 1 aromatic carbocycles. The van der Waals surface area contributed by atoms with Crippen LogP contribution in [0.2, 0.25) is 0 Å². The number of likely N-dealkylation sites (tertiary alicyclic amines) is 1. The molecule has 1 fully saturated rings. The zero-order valence-corrected chi connectivity index (χ0v) is 14.4. The molecule has 1 aromatic rings. The van der Waals surface area contributed by atoms with Crippen molar-refractivity contribution in [3.05, 3.63) is 29.8 Å². The van der Waals surface area contributed by atoms with E-state index in [0.29, 0.717) is 25.9 Å². The van der Waals surface area contributed by atoms with Crippen LogP contribution in [0, 0.1) is 5.92 Å². The Labute approximate surface area is 151 Å². The largest absolute Gasteiger partial charge is 0.452 e. The number of hydrogen-bond acceptors (Lipinski definition) is 5. The minimum Gasteiger partial charge on any atom is -0.452 e. The SMILES string of the molecule is NC(=O)C1CCN(C(=O)COC(=O)c2ccc(SC(F)(F)F)cc2)CC1. The van der Waals surface area contributed by atoms with E-state index in [1.165, 1.54) is 17.0 Å². The van der Waals surface area contributed by atoms with Crippen molar-refractivity contribution >= 4 is 29.5 Å². The highest BCUT2D eigenvalue weighted by Crippen LogP contribution is 2.36. The zero-order chi connectivity index (χ0) is 19.3. The van der Waals surface area contributed by atoms with Crippen molar-refractivity contribution in [1.82, 2.24) is 4.90 Å². The Morgan fingerprint density at radius 2 is 1.73 bits per heavy atom. The lowest BCUT2D eigenvalue weighted by molar-refractivity contribution is -0.137. The number of alkyl halides is 3. The highest BCUT2D eigenvalue weighted by Gasteiger charge is 2.29. The third-order valence-corrected chi connectivity index (χ3v) is 4.64. The quantitative estimate of drug-likeness (QED) is 0.615. The Balaban J connectivity index is 1.81. The molecule has 0 spiro atoms. The Kier molecular flexibility index (Phi) is 6.52. The Hall–Kier alpha value is -2.23. The normalized spacial score (nSPS) is 15.6. The third-order valence-electron chi connectivity index (χ3n) is 3.90. The summed E-state index contributed by atoms with van der Waals surface area (Å²) in [7, 11) is 0. The van der Waals surface area contributed by atoms with Crippen molar-refractivity contribution in [3.8, 4) is 0 Å². The van der Waals surface area contributed by atoms with Gasteiger partial charge in [-0.05, 0) is 48.9 Å². The summed E-state index contributed by atoms with van der Waals surface area (Å²) in [5.41, 5.74) is 0.867. The third kappa shape index (κ3) is 5.94. The minimum absolute atomic E-state index is 0.0526. The summed E-state index contributed by atoms with van der Waals surface area (Å²) in [6, 6.07) is 4.73. The topological polar surface area (TPSA) is 89.7 Å². The van der Waals surface area contributed by atoms with Crippen molar-refractivity contribution < 1.29 is 32.3 Å². The van der Waals surface area contributed by atoms with Crippen LogP contribution in [0.5, 0.6) is 0 Å². The van der Waals surface area contributed by atoms with E-state index in [4.69, 9.17) is 10.5 Å². The predicted octanol–water partition coefficient (Wildman–Crippen LogP) is 2.18. The van der Waals surface area contributed by atoms with Crippen LogP contribution >= 0.6 is 11.8 Å². The van der Waals surface area contributed by atoms with Crippen molar-refractivity contribution in [2.75, 3.05) is 19.7 Å². The first kappa shape index (κ1) is 20.1. The van der Waals surface area contributed by atoms with Crippen LogP contribution in [0.15, 0.2) is 29.2 Å². The first-order valence-electron chi connectivity index (χ1n) is 7.76. The second kappa shape index (κ2) is 8.43. The zero-order valence-electron chi connectivity index (χ0n) is 13.6. The molecule has 142 valence electrons. The van der Waals surface area contributed by atoms with E-state index in [-0.39, 0.29) is 28.1 Å². The van der Waals surface area contributed by atoms with Crippen LogP contribution in [0.3, 0.4) is 0 Å². The molecule has 0 unspecified atom stereocenters. The number of nitrogens with zero attached hydrogens (tertiary/aromatic N) is 1. The maximum Gasteiger partial charge on any atom is 0.446 e. The van der Waals surface area contributed by atoms with Crippen molar-refractivity contribution in [2.45, 2.75) is 23.2 Å². The van der Waals surface area contributed by atoms with Gasteiger partial charge < -0.3 is 15.4 Å². The predicted molar refractivity (Wildman–Crippen MR) is 87.1 cm³/mol. The van der Waals surface area contributed by atoms with E-state index in [1.807, 2.05) is 0 Å². The number of amides is 2. The molecule has 1 saturated heterocycles. The summed E-state index contributed by atoms with van der Waals surface area (Å²) in [4.78, 5) is 36.4. The number of thioether (sulfide) groups is 1. The summed E-state index contributed by atoms with van der Waals surface area (Å²) in [6.45, 7) is 0.236. The molecule has 0 aliphatic carbocycles. The molecule has 2 N–H and O–H groups in total. The summed E-state index contributed by atoms with van der Waals surface area (Å²) in [5, 5.41) is 0. The summed E-state index contributed by atoms with van der Waals surface area (Å²) in [6.07, 6.45) is 0.931. The van der Waals surface area contributed by atoms with Gasteiger partial charge in [0.15, 0.2) is 6.61 Å². The lowest BCUT2D eigenvalue weighted by atomic mass is 9.96. The molecular formula is C16H17F3N2O4S. The molecule has 10 heteroatoms. The highest BCUT2D eigenvalue weighted by molar-refractivity contribution is 8.00. The average molecular weight is 390 g/mol. The number of nitrogens with two attached hydrogens (primary N) is 1. The molecule has 26 heavy (non-hydrogen) atoms. The van der Waals surface area contributed by atoms with Crippen molar-refractivity contribution in [2.24, 2.45) is 11.7 Å². The molecule has 2 rings (SSSR count). The van der Waals surface area contributed by atoms with Gasteiger partial charge in [0, 0.05) is 23.9 Å². The number of carbonyl (C=O) groups excluding carboxylic acids is 3. The number of primary amides is 1. The molecule has 6 nitrogen and oxygen atoms in total. The molecular weight excluding hydrogens is 373 g/mol. The summed E-state index contributed by atoms with van der Waals surface area (Å²) in [5.74, 6) is -1.84. The second-order valence-corrected chi connectivity index (χ2v) is 6.84. The first-order valence-corrected chi connectivity index (χ1v) is 8.57. The maximum absolute atomic E-state index is 12.3. The summed E-state index contributed by atoms with van der Waals surface area (Å²) < 4.78 is 41.7. The fourth-order valence-electron chi connectivity index (χ4n) is 2.51. The van der Waals surface area contributed by atoms with Crippen LogP contribution in [-0.4, -0.2) is 47.9 Å². The molecule has 1 aliphatic rings. The van der Waals surface area contributed by atoms with Crippen LogP contribution < -0.4 is 5.73 Å². The van der Waals surface area contributed by atoms with Gasteiger partial charge >= 0.3 is 11.5 Å². The molecule has 0 aromatic heterocycles. The monoisotopic (exact) mass is 390 g/mol. The Morgan fingerprint density at radius 3 is 2.23 bits per heavy atom. The van der Waals surface area contributed by atoms with E-state index in [0.717, 1.165) is 12.1 Å². The van der Waals surface area contributed by atoms with E-state index < -0.39 is 29.9 Å². The smallest absolute Gasteiger partial charge is 0.446 e. The van der Waals surface area contributed by atoms with Gasteiger partial charge in [-0.25, -0.2) is 4.79 Å². The molecule has 0 atom stereocenters. The molecule has 0 bridgehead atoms. The molecule has 1 aliphatic heterocycles. The van der Waals surface area contributed by atoms with Crippen LogP contribution in [0.4, 0.5) is 13.2 Å². The van der Waals surface area contributed by atoms with Gasteiger partial charge in [-0.2, -0.15) is 13.2 Å². The number of hydrogen-bond donors (Lipinski definition) is 1. The number of ether oxygens (including phenoxy) is 1. The Morgan fingerprint density at radius 1 is 1.15 bits per heavy atom. The van der Waals surface area contributed by atoms with Crippen LogP contribution in [0.25, 0.3) is 0 Å². The van der Waals surface area contributed by atoms with Gasteiger partial charge in [-0.3, -0.25) is 9.59 Å². The minimum atomic E-state index is -4.41. The van der Waals surface area contributed by atoms with Gasteiger partial charge in [0.2, 0.25) is 5.91 Å². The number of halogens is 3. The van der Waals surface area contributed by atoms with Gasteiger partial charge in [-0.15, -0.1) is 0 Å². The van der Waals surface area contributed by atoms with E-state index >= 15 is 0 Å². The average Bonchev–Trinajstić information content (AvgIpc) is 2.58. The van der Waals surface area contributed by atoms with Crippen molar-refractivity contribution in [1.29, 1.82) is 0 Å². The number of esters is 1. The van der Waals surface area contributed by atoms with E-state index in [1.54, 1.807) is 0 Å². The van der Waals surface area contributed by atoms with Gasteiger partial charge in [0.1, 0.15) is 0 Å². The summed E-state index contributed by atoms with van der Waals surface area (Å²) >= 11 is -0.285. The van der Waals surface area contributed by atoms with E-state index in [9.17, 15) is 27.6 Å². The van der Waals surface area contributed by atoms with Crippen LogP contribution in [-0.2, 0) is 14.3 Å². The van der Waals surface area contributed by atoms with Crippen molar-refractivity contribution in [3.63, 3.8) is 0 Å².